The number of nitrogens with zero attached hydrogens (tertiary/aromatic N) is 5. The van der Waals surface area contributed by atoms with E-state index < -0.39 is 10.0 Å². The smallest absolute Gasteiger partial charge is 0.243 e. The largest absolute Gasteiger partial charge is 0.355 e. The highest BCUT2D eigenvalue weighted by Crippen LogP contribution is 2.27. The number of hydrogen-bond acceptors (Lipinski definition) is 6. The Kier molecular flexibility index (Phi) is 6.34. The fourth-order valence-electron chi connectivity index (χ4n) is 5.27. The second kappa shape index (κ2) is 9.38. The normalized spacial score (nSPS) is 22.1. The lowest BCUT2D eigenvalue weighted by Crippen LogP contribution is -2.53. The molecule has 33 heavy (non-hydrogen) atoms. The summed E-state index contributed by atoms with van der Waals surface area (Å²) in [5.41, 5.74) is 2.44. The van der Waals surface area contributed by atoms with E-state index in [1.54, 1.807) is 24.7 Å². The van der Waals surface area contributed by atoms with E-state index in [4.69, 9.17) is 0 Å². The summed E-state index contributed by atoms with van der Waals surface area (Å²) in [6, 6.07) is 5.59. The molecule has 5 rings (SSSR count). The average Bonchev–Trinajstić information content (AvgIpc) is 2.88. The van der Waals surface area contributed by atoms with Gasteiger partial charge >= 0.3 is 0 Å². The van der Waals surface area contributed by atoms with Gasteiger partial charge in [0.05, 0.1) is 17.0 Å². The van der Waals surface area contributed by atoms with E-state index in [1.165, 1.54) is 21.9 Å². The second-order valence-corrected chi connectivity index (χ2v) is 11.2. The van der Waals surface area contributed by atoms with Gasteiger partial charge in [-0.05, 0) is 61.8 Å². The lowest BCUT2D eigenvalue weighted by Gasteiger charge is -2.38. The molecule has 0 saturated carbocycles. The first-order chi connectivity index (χ1) is 16.0. The Hall–Kier alpha value is -2.52. The Morgan fingerprint density at radius 3 is 2.48 bits per heavy atom. The van der Waals surface area contributed by atoms with Crippen LogP contribution in [0, 0.1) is 5.92 Å². The Morgan fingerprint density at radius 1 is 0.939 bits per heavy atom. The standard InChI is InChI=1S/C24H31N5O3S/c30-24(21-6-3-11-28(18-21)23-17-25-9-10-26-23)27-12-14-29(15-13-27)33(31,32)22-8-7-19-4-1-2-5-20(19)16-22/h7-10,16-17,21H,1-6,11-15,18H2. The van der Waals surface area contributed by atoms with E-state index in [0.717, 1.165) is 44.5 Å². The number of aryl methyl sites for hydroxylation is 2. The summed E-state index contributed by atoms with van der Waals surface area (Å²) in [6.07, 6.45) is 11.1. The zero-order valence-corrected chi connectivity index (χ0v) is 19.7. The summed E-state index contributed by atoms with van der Waals surface area (Å²) in [5.74, 6) is 0.829. The van der Waals surface area contributed by atoms with E-state index in [0.29, 0.717) is 37.6 Å². The number of anilines is 1. The molecule has 2 saturated heterocycles. The van der Waals surface area contributed by atoms with Crippen LogP contribution in [0.5, 0.6) is 0 Å². The number of aromatic nitrogens is 2. The van der Waals surface area contributed by atoms with Crippen LogP contribution in [-0.2, 0) is 27.7 Å². The number of rotatable bonds is 4. The zero-order valence-electron chi connectivity index (χ0n) is 18.9. The van der Waals surface area contributed by atoms with Crippen molar-refractivity contribution in [1.82, 2.24) is 19.2 Å². The Bertz CT molecular complexity index is 1100. The first-order valence-electron chi connectivity index (χ1n) is 11.9. The third-order valence-corrected chi connectivity index (χ3v) is 9.05. The monoisotopic (exact) mass is 469 g/mol. The van der Waals surface area contributed by atoms with E-state index in [9.17, 15) is 13.2 Å². The number of amides is 1. The SMILES string of the molecule is O=C(C1CCCN(c2cnccn2)C1)N1CCN(S(=O)(=O)c2ccc3c(c2)CCCC3)CC1. The molecule has 8 nitrogen and oxygen atoms in total. The van der Waals surface area contributed by atoms with Crippen LogP contribution in [0.25, 0.3) is 0 Å². The topological polar surface area (TPSA) is 86.7 Å². The van der Waals surface area contributed by atoms with E-state index in [2.05, 4.69) is 14.9 Å². The molecule has 0 radical (unpaired) electrons. The summed E-state index contributed by atoms with van der Waals surface area (Å²) in [7, 11) is -3.54. The van der Waals surface area contributed by atoms with Crippen LogP contribution in [-0.4, -0.2) is 72.8 Å². The van der Waals surface area contributed by atoms with Gasteiger partial charge in [0.2, 0.25) is 15.9 Å². The number of fused-ring (bicyclic) bond motifs is 1. The van der Waals surface area contributed by atoms with Gasteiger partial charge < -0.3 is 9.80 Å². The van der Waals surface area contributed by atoms with Crippen molar-refractivity contribution in [3.05, 3.63) is 47.9 Å². The summed E-state index contributed by atoms with van der Waals surface area (Å²) < 4.78 is 28.0. The Morgan fingerprint density at radius 2 is 1.73 bits per heavy atom. The average molecular weight is 470 g/mol. The van der Waals surface area contributed by atoms with Gasteiger partial charge in [-0.15, -0.1) is 0 Å². The van der Waals surface area contributed by atoms with Crippen LogP contribution >= 0.6 is 0 Å². The third kappa shape index (κ3) is 4.61. The molecule has 2 aliphatic heterocycles. The molecule has 1 unspecified atom stereocenters. The molecule has 176 valence electrons. The molecule has 1 amide bonds. The van der Waals surface area contributed by atoms with Crippen LogP contribution in [0.4, 0.5) is 5.82 Å². The molecule has 0 bridgehead atoms. The first-order valence-corrected chi connectivity index (χ1v) is 13.4. The predicted molar refractivity (Wildman–Crippen MR) is 125 cm³/mol. The molecule has 3 heterocycles. The molecule has 1 aliphatic carbocycles. The summed E-state index contributed by atoms with van der Waals surface area (Å²) in [6.45, 7) is 3.05. The highest BCUT2D eigenvalue weighted by molar-refractivity contribution is 7.89. The minimum Gasteiger partial charge on any atom is -0.355 e. The number of hydrogen-bond donors (Lipinski definition) is 0. The van der Waals surface area contributed by atoms with Gasteiger partial charge in [0, 0.05) is 51.7 Å². The Balaban J connectivity index is 1.21. The van der Waals surface area contributed by atoms with Crippen molar-refractivity contribution >= 4 is 21.7 Å². The van der Waals surface area contributed by atoms with Gasteiger partial charge in [-0.3, -0.25) is 9.78 Å². The van der Waals surface area contributed by atoms with E-state index >= 15 is 0 Å². The van der Waals surface area contributed by atoms with E-state index in [1.807, 2.05) is 17.0 Å². The van der Waals surface area contributed by atoms with Gasteiger partial charge in [0.25, 0.3) is 0 Å². The second-order valence-electron chi connectivity index (χ2n) is 9.22. The molecule has 1 aromatic heterocycles. The van der Waals surface area contributed by atoms with Crippen LogP contribution in [0.3, 0.4) is 0 Å². The quantitative estimate of drug-likeness (QED) is 0.682. The third-order valence-electron chi connectivity index (χ3n) is 7.15. The summed E-state index contributed by atoms with van der Waals surface area (Å²) in [5, 5.41) is 0. The number of piperidine rings is 1. The molecular formula is C24H31N5O3S. The number of carbonyl (C=O) groups excluding carboxylic acids is 1. The van der Waals surface area contributed by atoms with Crippen molar-refractivity contribution in [1.29, 1.82) is 0 Å². The number of carbonyl (C=O) groups is 1. The lowest BCUT2D eigenvalue weighted by molar-refractivity contribution is -0.137. The molecule has 1 atom stereocenters. The maximum Gasteiger partial charge on any atom is 0.243 e. The summed E-state index contributed by atoms with van der Waals surface area (Å²) >= 11 is 0. The number of benzene rings is 1. The van der Waals surface area contributed by atoms with Crippen LogP contribution < -0.4 is 4.90 Å². The predicted octanol–water partition coefficient (Wildman–Crippen LogP) is 2.10. The lowest BCUT2D eigenvalue weighted by atomic mass is 9.92. The number of sulfonamides is 1. The molecule has 9 heteroatoms. The molecule has 1 aromatic carbocycles. The maximum atomic E-state index is 13.3. The summed E-state index contributed by atoms with van der Waals surface area (Å²) in [4.78, 5) is 26.1. The van der Waals surface area contributed by atoms with Crippen molar-refractivity contribution in [3.63, 3.8) is 0 Å². The maximum absolute atomic E-state index is 13.3. The molecule has 2 fully saturated rings. The fourth-order valence-corrected chi connectivity index (χ4v) is 6.74. The molecule has 0 N–H and O–H groups in total. The van der Waals surface area contributed by atoms with Crippen LogP contribution in [0.1, 0.15) is 36.8 Å². The molecule has 2 aromatic rings. The van der Waals surface area contributed by atoms with Crippen molar-refractivity contribution in [3.8, 4) is 0 Å². The fraction of sp³-hybridized carbons (Fsp3) is 0.542. The van der Waals surface area contributed by atoms with Crippen LogP contribution in [0.15, 0.2) is 41.7 Å². The first kappa shape index (κ1) is 22.3. The van der Waals surface area contributed by atoms with Gasteiger partial charge in [-0.1, -0.05) is 6.07 Å². The van der Waals surface area contributed by atoms with Gasteiger partial charge in [0.1, 0.15) is 5.82 Å². The van der Waals surface area contributed by atoms with Gasteiger partial charge in [0.15, 0.2) is 0 Å². The van der Waals surface area contributed by atoms with E-state index in [-0.39, 0.29) is 11.8 Å². The van der Waals surface area contributed by atoms with Crippen molar-refractivity contribution in [2.24, 2.45) is 5.92 Å². The molecule has 0 spiro atoms. The van der Waals surface area contributed by atoms with Gasteiger partial charge in [-0.2, -0.15) is 4.31 Å². The highest BCUT2D eigenvalue weighted by Gasteiger charge is 2.34. The molecular weight excluding hydrogens is 438 g/mol. The zero-order chi connectivity index (χ0) is 22.8. The Labute approximate surface area is 195 Å². The number of piperazine rings is 1. The van der Waals surface area contributed by atoms with Crippen molar-refractivity contribution in [2.45, 2.75) is 43.4 Å². The van der Waals surface area contributed by atoms with Crippen molar-refractivity contribution < 1.29 is 13.2 Å². The van der Waals surface area contributed by atoms with Crippen molar-refractivity contribution in [2.75, 3.05) is 44.2 Å². The highest BCUT2D eigenvalue weighted by atomic mass is 32.2. The van der Waals surface area contributed by atoms with Crippen LogP contribution in [0.2, 0.25) is 0 Å². The molecule has 3 aliphatic rings. The minimum atomic E-state index is -3.54. The van der Waals surface area contributed by atoms with Gasteiger partial charge in [-0.25, -0.2) is 13.4 Å². The minimum absolute atomic E-state index is 0.0930.